The highest BCUT2D eigenvalue weighted by molar-refractivity contribution is 5.93. The first-order chi connectivity index (χ1) is 12.1. The van der Waals surface area contributed by atoms with Crippen molar-refractivity contribution in [2.75, 3.05) is 18.5 Å². The van der Waals surface area contributed by atoms with Gasteiger partial charge in [-0.2, -0.15) is 0 Å². The number of hydrogen-bond acceptors (Lipinski definition) is 4. The van der Waals surface area contributed by atoms with Gasteiger partial charge in [0.15, 0.2) is 0 Å². The third-order valence-electron chi connectivity index (χ3n) is 4.47. The molecular weight excluding hydrogens is 320 g/mol. The number of carboxylic acids is 1. The number of carbonyl (C=O) groups excluding carboxylic acids is 2. The molecule has 0 spiro atoms. The van der Waals surface area contributed by atoms with Crippen molar-refractivity contribution in [1.29, 1.82) is 0 Å². The Morgan fingerprint density at radius 1 is 1.36 bits per heavy atom. The summed E-state index contributed by atoms with van der Waals surface area (Å²) in [4.78, 5) is 23.4. The van der Waals surface area contributed by atoms with Crippen LogP contribution in [0.15, 0.2) is 24.3 Å². The number of nitrogens with one attached hydrogen (secondary N) is 1. The molecule has 25 heavy (non-hydrogen) atoms. The van der Waals surface area contributed by atoms with Crippen molar-refractivity contribution in [1.82, 2.24) is 0 Å². The summed E-state index contributed by atoms with van der Waals surface area (Å²) in [6.07, 6.45) is 5.20. The van der Waals surface area contributed by atoms with E-state index in [0.717, 1.165) is 38.7 Å². The summed E-state index contributed by atoms with van der Waals surface area (Å²) >= 11 is 0. The Morgan fingerprint density at radius 3 is 2.72 bits per heavy atom. The summed E-state index contributed by atoms with van der Waals surface area (Å²) < 4.78 is 5.48. The fraction of sp³-hybridized carbons (Fsp3) is 0.579. The van der Waals surface area contributed by atoms with Crippen LogP contribution in [0, 0.1) is 0 Å². The molecule has 1 aliphatic heterocycles. The Kier molecular flexibility index (Phi) is 7.88. The fourth-order valence-electron chi connectivity index (χ4n) is 2.96. The number of aliphatic carboxylic acids is 1. The first kappa shape index (κ1) is 19.4. The smallest absolute Gasteiger partial charge is 0.230 e. The summed E-state index contributed by atoms with van der Waals surface area (Å²) in [7, 11) is 0. The zero-order valence-corrected chi connectivity index (χ0v) is 14.8. The Labute approximate surface area is 149 Å². The molecule has 0 aromatic heterocycles. The zero-order chi connectivity index (χ0) is 18.1. The molecule has 0 radical (unpaired) electrons. The number of anilines is 1. The number of benzene rings is 1. The standard InChI is InChI=1S/C19H28N2O4/c1-2-3-5-14-7-9-15(10-8-14)21-18(22)12-17(19(23)24)20-13-16-6-4-11-25-16/h7-10,16-17,20H,2-6,11-13H2,1H3,(H,21,22)(H,23,24)/t16-,17-/m0/s1. The fourth-order valence-corrected chi connectivity index (χ4v) is 2.96. The predicted molar refractivity (Wildman–Crippen MR) is 92.9 cm³/mol. The lowest BCUT2D eigenvalue weighted by Gasteiger charge is -2.18. The van der Waals surface area contributed by atoms with Gasteiger partial charge in [0.1, 0.15) is 18.7 Å². The molecule has 6 heteroatoms. The molecule has 0 bridgehead atoms. The average molecular weight is 348 g/mol. The van der Waals surface area contributed by atoms with Gasteiger partial charge in [-0.3, -0.25) is 4.79 Å². The van der Waals surface area contributed by atoms with Gasteiger partial charge >= 0.3 is 0 Å². The molecule has 1 fully saturated rings. The first-order valence-electron chi connectivity index (χ1n) is 9.13. The molecule has 1 aromatic rings. The molecule has 1 aliphatic rings. The van der Waals surface area contributed by atoms with Crippen LogP contribution in [0.1, 0.15) is 44.6 Å². The third kappa shape index (κ3) is 6.84. The number of unbranched alkanes of at least 4 members (excludes halogenated alkanes) is 1. The molecule has 3 N–H and O–H groups in total. The topological polar surface area (TPSA) is 95.1 Å². The van der Waals surface area contributed by atoms with Crippen LogP contribution in [-0.4, -0.2) is 37.2 Å². The molecular formula is C19H28N2O4. The maximum absolute atomic E-state index is 12.1. The van der Waals surface area contributed by atoms with Gasteiger partial charge in [0.25, 0.3) is 0 Å². The summed E-state index contributed by atoms with van der Waals surface area (Å²) in [5.41, 5.74) is 1.92. The van der Waals surface area contributed by atoms with Gasteiger partial charge in [0.2, 0.25) is 5.91 Å². The van der Waals surface area contributed by atoms with Crippen LogP contribution >= 0.6 is 0 Å². The van der Waals surface area contributed by atoms with Gasteiger partial charge < -0.3 is 25.3 Å². The van der Waals surface area contributed by atoms with Crippen molar-refractivity contribution >= 4 is 17.6 Å². The van der Waals surface area contributed by atoms with Gasteiger partial charge in [-0.25, -0.2) is 0 Å². The number of amides is 1. The lowest BCUT2D eigenvalue weighted by Crippen LogP contribution is -2.94. The van der Waals surface area contributed by atoms with E-state index < -0.39 is 12.0 Å². The van der Waals surface area contributed by atoms with Crippen molar-refractivity contribution in [2.45, 2.75) is 57.6 Å². The highest BCUT2D eigenvalue weighted by atomic mass is 16.5. The zero-order valence-electron chi connectivity index (χ0n) is 14.8. The second-order valence-corrected chi connectivity index (χ2v) is 6.58. The molecule has 6 nitrogen and oxygen atoms in total. The van der Waals surface area contributed by atoms with Crippen molar-refractivity contribution in [2.24, 2.45) is 0 Å². The van der Waals surface area contributed by atoms with Crippen LogP contribution in [-0.2, 0) is 20.7 Å². The highest BCUT2D eigenvalue weighted by Gasteiger charge is 2.23. The SMILES string of the molecule is CCCCc1ccc(NC(=O)C[C@H]([NH2+]C[C@@H]2CCCO2)C(=O)[O-])cc1. The van der Waals surface area contributed by atoms with E-state index in [4.69, 9.17) is 4.74 Å². The average Bonchev–Trinajstić information content (AvgIpc) is 3.11. The number of nitrogens with two attached hydrogens (primary N) is 1. The molecule has 2 rings (SSSR count). The van der Waals surface area contributed by atoms with Crippen molar-refractivity contribution in [3.8, 4) is 0 Å². The Hall–Kier alpha value is -1.92. The Morgan fingerprint density at radius 2 is 2.12 bits per heavy atom. The second kappa shape index (κ2) is 10.2. The third-order valence-corrected chi connectivity index (χ3v) is 4.47. The number of hydrogen-bond donors (Lipinski definition) is 2. The lowest BCUT2D eigenvalue weighted by molar-refractivity contribution is -0.687. The van der Waals surface area contributed by atoms with Gasteiger partial charge in [-0.1, -0.05) is 25.5 Å². The summed E-state index contributed by atoms with van der Waals surface area (Å²) in [6.45, 7) is 3.42. The van der Waals surface area contributed by atoms with E-state index in [1.165, 1.54) is 5.56 Å². The number of quaternary nitrogens is 1. The minimum Gasteiger partial charge on any atom is -0.544 e. The molecule has 138 valence electrons. The maximum atomic E-state index is 12.1. The Balaban J connectivity index is 1.80. The first-order valence-corrected chi connectivity index (χ1v) is 9.13. The van der Waals surface area contributed by atoms with E-state index in [2.05, 4.69) is 12.2 Å². The highest BCUT2D eigenvalue weighted by Crippen LogP contribution is 2.12. The molecule has 0 unspecified atom stereocenters. The molecule has 2 atom stereocenters. The maximum Gasteiger partial charge on any atom is 0.230 e. The van der Waals surface area contributed by atoms with Crippen LogP contribution in [0.3, 0.4) is 0 Å². The van der Waals surface area contributed by atoms with Gasteiger partial charge in [-0.15, -0.1) is 0 Å². The van der Waals surface area contributed by atoms with Gasteiger partial charge in [-0.05, 0) is 43.4 Å². The lowest BCUT2D eigenvalue weighted by atomic mass is 10.1. The second-order valence-electron chi connectivity index (χ2n) is 6.58. The number of ether oxygens (including phenoxy) is 1. The largest absolute Gasteiger partial charge is 0.544 e. The van der Waals surface area contributed by atoms with E-state index in [1.807, 2.05) is 24.3 Å². The van der Waals surface area contributed by atoms with Crippen molar-refractivity contribution in [3.05, 3.63) is 29.8 Å². The normalized spacial score (nSPS) is 18.0. The monoisotopic (exact) mass is 348 g/mol. The number of rotatable bonds is 10. The molecule has 0 saturated carbocycles. The van der Waals surface area contributed by atoms with Crippen LogP contribution < -0.4 is 15.7 Å². The quantitative estimate of drug-likeness (QED) is 0.632. The molecule has 0 aliphatic carbocycles. The van der Waals surface area contributed by atoms with Crippen LogP contribution in [0.4, 0.5) is 5.69 Å². The Bertz CT molecular complexity index is 553. The van der Waals surface area contributed by atoms with Crippen LogP contribution in [0.25, 0.3) is 0 Å². The molecule has 1 amide bonds. The van der Waals surface area contributed by atoms with E-state index in [-0.39, 0.29) is 18.4 Å². The van der Waals surface area contributed by atoms with E-state index >= 15 is 0 Å². The number of carbonyl (C=O) groups is 2. The van der Waals surface area contributed by atoms with E-state index in [0.29, 0.717) is 12.2 Å². The molecule has 1 aromatic carbocycles. The summed E-state index contributed by atoms with van der Waals surface area (Å²) in [5, 5.41) is 15.7. The summed E-state index contributed by atoms with van der Waals surface area (Å²) in [6, 6.07) is 6.80. The van der Waals surface area contributed by atoms with E-state index in [1.54, 1.807) is 5.32 Å². The molecule has 1 heterocycles. The van der Waals surface area contributed by atoms with Crippen LogP contribution in [0.2, 0.25) is 0 Å². The molecule has 1 saturated heterocycles. The van der Waals surface area contributed by atoms with Crippen molar-refractivity contribution < 1.29 is 24.7 Å². The van der Waals surface area contributed by atoms with Crippen LogP contribution in [0.5, 0.6) is 0 Å². The summed E-state index contributed by atoms with van der Waals surface area (Å²) in [5.74, 6) is -1.54. The predicted octanol–water partition coefficient (Wildman–Crippen LogP) is 0.219. The van der Waals surface area contributed by atoms with E-state index in [9.17, 15) is 14.7 Å². The van der Waals surface area contributed by atoms with Gasteiger partial charge in [0, 0.05) is 12.3 Å². The minimum absolute atomic E-state index is 0.0700. The van der Waals surface area contributed by atoms with Gasteiger partial charge in [0.05, 0.1) is 12.4 Å². The number of aryl methyl sites for hydroxylation is 1. The minimum atomic E-state index is -1.22. The number of carboxylic acid groups (broad SMARTS) is 1. The van der Waals surface area contributed by atoms with Crippen molar-refractivity contribution in [3.63, 3.8) is 0 Å².